The van der Waals surface area contributed by atoms with Gasteiger partial charge in [0.05, 0.1) is 0 Å². The largest absolute Gasteiger partial charge is 0.509 e. The first-order chi connectivity index (χ1) is 10.6. The van der Waals surface area contributed by atoms with E-state index in [1.807, 2.05) is 0 Å². The van der Waals surface area contributed by atoms with Crippen LogP contribution >= 0.6 is 0 Å². The molecule has 2 heterocycles. The Hall–Kier alpha value is -1.93. The molecule has 0 bridgehead atoms. The van der Waals surface area contributed by atoms with Gasteiger partial charge >= 0.3 is 13.1 Å². The third-order valence-corrected chi connectivity index (χ3v) is 3.40. The van der Waals surface area contributed by atoms with E-state index < -0.39 is 24.1 Å². The summed E-state index contributed by atoms with van der Waals surface area (Å²) in [5.41, 5.74) is -1.23. The number of carbonyl (C=O) groups excluding carboxylic acids is 1. The van der Waals surface area contributed by atoms with Crippen LogP contribution in [0.5, 0.6) is 0 Å². The van der Waals surface area contributed by atoms with Gasteiger partial charge < -0.3 is 27.5 Å². The predicted octanol–water partition coefficient (Wildman–Crippen LogP) is 2.19. The molecule has 0 aromatic carbocycles. The third-order valence-electron chi connectivity index (χ3n) is 3.40. The first-order valence-electron chi connectivity index (χ1n) is 7.45. The van der Waals surface area contributed by atoms with E-state index in [1.54, 1.807) is 30.6 Å². The molecule has 1 fully saturated rings. The van der Waals surface area contributed by atoms with Crippen molar-refractivity contribution in [2.45, 2.75) is 26.4 Å². The topological polar surface area (TPSA) is 45.7 Å². The molecule has 0 radical (unpaired) electrons. The van der Waals surface area contributed by atoms with Gasteiger partial charge in [-0.3, -0.25) is 0 Å². The zero-order valence-electron chi connectivity index (χ0n) is 13.4. The Labute approximate surface area is 133 Å². The van der Waals surface area contributed by atoms with E-state index in [9.17, 15) is 17.7 Å². The normalized spacial score (nSPS) is 16.4. The molecule has 9 heteroatoms. The summed E-state index contributed by atoms with van der Waals surface area (Å²) >= 11 is 0. The van der Waals surface area contributed by atoms with Crippen molar-refractivity contribution in [3.05, 3.63) is 18.3 Å². The van der Waals surface area contributed by atoms with Crippen molar-refractivity contribution in [3.63, 3.8) is 0 Å². The Bertz CT molecular complexity index is 567. The van der Waals surface area contributed by atoms with Gasteiger partial charge in [0.1, 0.15) is 11.4 Å². The number of hydrogen-bond donors (Lipinski definition) is 0. The Balaban J connectivity index is 1.98. The van der Waals surface area contributed by atoms with Gasteiger partial charge in [-0.1, -0.05) is 6.07 Å². The minimum atomic E-state index is -5.04. The second-order valence-corrected chi connectivity index (χ2v) is 6.48. The van der Waals surface area contributed by atoms with E-state index in [2.05, 4.69) is 4.98 Å². The van der Waals surface area contributed by atoms with Crippen LogP contribution in [-0.2, 0) is 4.74 Å². The molecule has 1 aromatic rings. The van der Waals surface area contributed by atoms with E-state index in [0.717, 1.165) is 12.1 Å². The first-order valence-corrected chi connectivity index (χ1v) is 7.45. The Morgan fingerprint density at radius 3 is 2.35 bits per heavy atom. The van der Waals surface area contributed by atoms with Gasteiger partial charge in [0, 0.05) is 32.4 Å². The lowest BCUT2D eigenvalue weighted by atomic mass is 9.81. The molecule has 2 rings (SSSR count). The summed E-state index contributed by atoms with van der Waals surface area (Å²) in [4.78, 5) is 19.3. The maximum atomic E-state index is 12.8. The molecule has 128 valence electrons. The number of carbonyl (C=O) groups is 1. The molecule has 1 aromatic heterocycles. The van der Waals surface area contributed by atoms with Crippen LogP contribution in [0, 0.1) is 0 Å². The third kappa shape index (κ3) is 4.77. The van der Waals surface area contributed by atoms with Crippen molar-refractivity contribution in [1.29, 1.82) is 0 Å². The molecule has 1 amide bonds. The summed E-state index contributed by atoms with van der Waals surface area (Å²) < 4.78 is 43.7. The fourth-order valence-corrected chi connectivity index (χ4v) is 2.26. The summed E-state index contributed by atoms with van der Waals surface area (Å²) in [6, 6.07) is 2.03. The van der Waals surface area contributed by atoms with Crippen molar-refractivity contribution in [2.75, 3.05) is 31.1 Å². The molecule has 1 aliphatic rings. The highest BCUT2D eigenvalue weighted by Crippen LogP contribution is 2.17. The van der Waals surface area contributed by atoms with Crippen LogP contribution in [0.25, 0.3) is 0 Å². The number of pyridine rings is 1. The molecule has 1 saturated heterocycles. The molecule has 0 N–H and O–H groups in total. The number of anilines is 1. The smallest absolute Gasteiger partial charge is 0.445 e. The van der Waals surface area contributed by atoms with Crippen molar-refractivity contribution in [3.8, 4) is 0 Å². The monoisotopic (exact) mass is 330 g/mol. The number of hydrogen-bond acceptors (Lipinski definition) is 4. The SMILES string of the molecule is CC(C)(C)OC(=O)N1CCN(c2cc([B-](F)(F)F)ccn2)CC1. The predicted molar refractivity (Wildman–Crippen MR) is 83.0 cm³/mol. The van der Waals surface area contributed by atoms with E-state index in [0.29, 0.717) is 26.2 Å². The molecule has 0 aliphatic carbocycles. The van der Waals surface area contributed by atoms with Crippen LogP contribution in [-0.4, -0.2) is 54.7 Å². The standard InChI is InChI=1S/C14H20BF3N3O2/c1-14(2,3)23-13(22)21-8-6-20(7-9-21)12-10-11(4-5-19-12)15(16,17)18/h4-5,10H,6-9H2,1-3H3/q-1. The maximum Gasteiger partial charge on any atom is 0.509 e. The van der Waals surface area contributed by atoms with E-state index in [-0.39, 0.29) is 5.82 Å². The number of rotatable bonds is 2. The molecule has 0 saturated carbocycles. The lowest BCUT2D eigenvalue weighted by Gasteiger charge is -2.36. The Morgan fingerprint density at radius 2 is 1.83 bits per heavy atom. The summed E-state index contributed by atoms with van der Waals surface area (Å²) in [5, 5.41) is 0. The average molecular weight is 330 g/mol. The lowest BCUT2D eigenvalue weighted by Crippen LogP contribution is -2.50. The highest BCUT2D eigenvalue weighted by atomic mass is 19.4. The van der Waals surface area contributed by atoms with Crippen LogP contribution in [0.3, 0.4) is 0 Å². The van der Waals surface area contributed by atoms with E-state index in [4.69, 9.17) is 4.74 Å². The summed E-state index contributed by atoms with van der Waals surface area (Å²) in [7, 11) is 0. The second-order valence-electron chi connectivity index (χ2n) is 6.48. The van der Waals surface area contributed by atoms with Crippen LogP contribution in [0.1, 0.15) is 20.8 Å². The number of aromatic nitrogens is 1. The quantitative estimate of drug-likeness (QED) is 0.780. The van der Waals surface area contributed by atoms with Crippen LogP contribution in [0.15, 0.2) is 18.3 Å². The second kappa shape index (κ2) is 6.29. The van der Waals surface area contributed by atoms with Gasteiger partial charge in [0.2, 0.25) is 0 Å². The Kier molecular flexibility index (Phi) is 4.77. The average Bonchev–Trinajstić information content (AvgIpc) is 2.45. The zero-order chi connectivity index (χ0) is 17.3. The van der Waals surface area contributed by atoms with Gasteiger partial charge in [-0.15, -0.1) is 5.46 Å². The fraction of sp³-hybridized carbons (Fsp3) is 0.571. The van der Waals surface area contributed by atoms with Gasteiger partial charge in [0.15, 0.2) is 0 Å². The van der Waals surface area contributed by atoms with E-state index >= 15 is 0 Å². The number of piperazine rings is 1. The molecule has 1 aliphatic heterocycles. The van der Waals surface area contributed by atoms with E-state index in [1.165, 1.54) is 6.20 Å². The fourth-order valence-electron chi connectivity index (χ4n) is 2.26. The van der Waals surface area contributed by atoms with Crippen molar-refractivity contribution in [2.24, 2.45) is 0 Å². The minimum Gasteiger partial charge on any atom is -0.445 e. The molecule has 0 spiro atoms. The molecular weight excluding hydrogens is 310 g/mol. The van der Waals surface area contributed by atoms with Crippen LogP contribution in [0.2, 0.25) is 0 Å². The summed E-state index contributed by atoms with van der Waals surface area (Å²) in [6.45, 7) is 1.93. The summed E-state index contributed by atoms with van der Waals surface area (Å²) in [6.07, 6.45) is 0.762. The number of halogens is 3. The Morgan fingerprint density at radius 1 is 1.22 bits per heavy atom. The van der Waals surface area contributed by atoms with Crippen LogP contribution in [0.4, 0.5) is 23.6 Å². The molecule has 0 atom stereocenters. The van der Waals surface area contributed by atoms with Gasteiger partial charge in [-0.2, -0.15) is 0 Å². The minimum absolute atomic E-state index is 0.283. The van der Waals surface area contributed by atoms with Crippen molar-refractivity contribution >= 4 is 24.4 Å². The zero-order valence-corrected chi connectivity index (χ0v) is 13.4. The highest BCUT2D eigenvalue weighted by molar-refractivity contribution is 6.73. The molecular formula is C14H20BF3N3O2-. The van der Waals surface area contributed by atoms with Gasteiger partial charge in [0.25, 0.3) is 0 Å². The van der Waals surface area contributed by atoms with Gasteiger partial charge in [-0.05, 0) is 26.8 Å². The van der Waals surface area contributed by atoms with Gasteiger partial charge in [-0.25, -0.2) is 9.78 Å². The van der Waals surface area contributed by atoms with Crippen molar-refractivity contribution in [1.82, 2.24) is 9.88 Å². The molecule has 5 nitrogen and oxygen atoms in total. The van der Waals surface area contributed by atoms with Crippen molar-refractivity contribution < 1.29 is 22.5 Å². The first kappa shape index (κ1) is 17.4. The molecule has 23 heavy (non-hydrogen) atoms. The number of ether oxygens (including phenoxy) is 1. The number of amides is 1. The molecule has 0 unspecified atom stereocenters. The number of nitrogens with zero attached hydrogens (tertiary/aromatic N) is 3. The maximum absolute atomic E-state index is 12.8. The van der Waals surface area contributed by atoms with Crippen LogP contribution < -0.4 is 10.4 Å². The summed E-state index contributed by atoms with van der Waals surface area (Å²) in [5.74, 6) is 0.283. The highest BCUT2D eigenvalue weighted by Gasteiger charge is 2.28. The lowest BCUT2D eigenvalue weighted by molar-refractivity contribution is 0.0240.